The maximum Gasteiger partial charge on any atom is 0.373 e. The molecule has 0 fully saturated rings. The van der Waals surface area contributed by atoms with Gasteiger partial charge in [0.25, 0.3) is 0 Å². The molecule has 0 radical (unpaired) electrons. The summed E-state index contributed by atoms with van der Waals surface area (Å²) in [5.41, 5.74) is 4.38. The van der Waals surface area contributed by atoms with Crippen molar-refractivity contribution in [3.63, 3.8) is 0 Å². The zero-order chi connectivity index (χ0) is 24.1. The maximum absolute atomic E-state index is 11.7. The fourth-order valence-electron chi connectivity index (χ4n) is 5.26. The highest BCUT2D eigenvalue weighted by atomic mass is 16.5. The van der Waals surface area contributed by atoms with Crippen LogP contribution in [0, 0.1) is 5.41 Å². The molecule has 34 heavy (non-hydrogen) atoms. The molecule has 0 bridgehead atoms. The smallest absolute Gasteiger partial charge is 0.373 e. The molecule has 0 saturated heterocycles. The monoisotopic (exact) mass is 461 g/mol. The van der Waals surface area contributed by atoms with Gasteiger partial charge in [0.15, 0.2) is 0 Å². The SMILES string of the molecule is CCCCCCCCC1C=CC(C=Cc2ccc(C(=O)OC)o2)=c2[nH]c3c(c21)CCC(C)(C)C=3. The average Bonchev–Trinajstić information content (AvgIpc) is 3.44. The quantitative estimate of drug-likeness (QED) is 0.328. The number of esters is 1. The van der Waals surface area contributed by atoms with Crippen molar-refractivity contribution in [1.82, 2.24) is 4.98 Å². The minimum absolute atomic E-state index is 0.219. The molecule has 1 N–H and O–H groups in total. The Bertz CT molecular complexity index is 1190. The number of allylic oxidation sites excluding steroid dienone is 3. The molecule has 0 amide bonds. The van der Waals surface area contributed by atoms with Gasteiger partial charge < -0.3 is 14.1 Å². The lowest BCUT2D eigenvalue weighted by atomic mass is 9.79. The summed E-state index contributed by atoms with van der Waals surface area (Å²) in [6.45, 7) is 6.92. The number of carbonyl (C=O) groups excluding carboxylic acids is 1. The van der Waals surface area contributed by atoms with Gasteiger partial charge in [0.2, 0.25) is 5.76 Å². The van der Waals surface area contributed by atoms with Gasteiger partial charge in [-0.1, -0.05) is 77.5 Å². The van der Waals surface area contributed by atoms with Crippen molar-refractivity contribution in [1.29, 1.82) is 0 Å². The Morgan fingerprint density at radius 1 is 1.18 bits per heavy atom. The highest BCUT2D eigenvalue weighted by Crippen LogP contribution is 2.33. The van der Waals surface area contributed by atoms with Crippen LogP contribution in [0.2, 0.25) is 0 Å². The van der Waals surface area contributed by atoms with Crippen LogP contribution in [-0.2, 0) is 11.2 Å². The molecular formula is C30H39NO3. The number of carbonyl (C=O) groups is 1. The highest BCUT2D eigenvalue weighted by molar-refractivity contribution is 5.86. The summed E-state index contributed by atoms with van der Waals surface area (Å²) in [6.07, 6.45) is 22.6. The second-order valence-corrected chi connectivity index (χ2v) is 10.4. The van der Waals surface area contributed by atoms with Gasteiger partial charge in [-0.05, 0) is 65.7 Å². The van der Waals surface area contributed by atoms with E-state index in [1.807, 2.05) is 6.08 Å². The molecule has 0 saturated carbocycles. The van der Waals surface area contributed by atoms with Crippen LogP contribution in [0.3, 0.4) is 0 Å². The number of fused-ring (bicyclic) bond motifs is 3. The molecule has 0 aliphatic heterocycles. The Hall–Kier alpha value is -2.75. The highest BCUT2D eigenvalue weighted by Gasteiger charge is 2.27. The van der Waals surface area contributed by atoms with Gasteiger partial charge in [-0.15, -0.1) is 0 Å². The molecule has 182 valence electrons. The van der Waals surface area contributed by atoms with Gasteiger partial charge in [0.1, 0.15) is 5.76 Å². The Balaban J connectivity index is 1.62. The van der Waals surface area contributed by atoms with Crippen LogP contribution < -0.4 is 10.7 Å². The van der Waals surface area contributed by atoms with Crippen LogP contribution in [0.15, 0.2) is 34.8 Å². The summed E-state index contributed by atoms with van der Waals surface area (Å²) >= 11 is 0. The molecule has 1 atom stereocenters. The van der Waals surface area contributed by atoms with Crippen LogP contribution >= 0.6 is 0 Å². The second kappa shape index (κ2) is 10.7. The van der Waals surface area contributed by atoms with Crippen LogP contribution in [0.4, 0.5) is 0 Å². The molecule has 0 aromatic carbocycles. The Labute approximate surface area is 203 Å². The Kier molecular flexibility index (Phi) is 7.65. The number of ether oxygens (including phenoxy) is 1. The van der Waals surface area contributed by atoms with Crippen molar-refractivity contribution in [3.8, 4) is 0 Å². The van der Waals surface area contributed by atoms with Crippen LogP contribution in [0.1, 0.15) is 105 Å². The minimum Gasteiger partial charge on any atom is -0.463 e. The van der Waals surface area contributed by atoms with E-state index in [0.29, 0.717) is 11.7 Å². The van der Waals surface area contributed by atoms with Crippen molar-refractivity contribution in [2.75, 3.05) is 7.11 Å². The first-order valence-electron chi connectivity index (χ1n) is 12.9. The summed E-state index contributed by atoms with van der Waals surface area (Å²) in [7, 11) is 1.36. The summed E-state index contributed by atoms with van der Waals surface area (Å²) in [6, 6.07) is 3.45. The number of furan rings is 1. The number of hydrogen-bond donors (Lipinski definition) is 1. The third-order valence-electron chi connectivity index (χ3n) is 7.21. The standard InChI is InChI=1S/C30H39NO3/c1-5-6-7-8-9-10-11-21-12-13-22(14-15-23-16-17-26(34-23)29(32)33-4)28-27(21)24-18-19-30(2,3)20-25(24)31-28/h12-17,20-21,31H,5-11,18-19H2,1-4H3. The summed E-state index contributed by atoms with van der Waals surface area (Å²) in [5, 5.41) is 2.54. The van der Waals surface area contributed by atoms with E-state index < -0.39 is 5.97 Å². The molecule has 2 aromatic heterocycles. The number of rotatable bonds is 10. The first-order chi connectivity index (χ1) is 16.4. The van der Waals surface area contributed by atoms with Crippen molar-refractivity contribution in [3.05, 3.63) is 63.7 Å². The predicted octanol–water partition coefficient (Wildman–Crippen LogP) is 6.42. The Morgan fingerprint density at radius 2 is 1.97 bits per heavy atom. The summed E-state index contributed by atoms with van der Waals surface area (Å²) in [4.78, 5) is 15.5. The number of methoxy groups -OCH3 is 1. The zero-order valence-corrected chi connectivity index (χ0v) is 21.2. The van der Waals surface area contributed by atoms with Crippen molar-refractivity contribution in [2.24, 2.45) is 5.41 Å². The lowest BCUT2D eigenvalue weighted by Crippen LogP contribution is -2.24. The third kappa shape index (κ3) is 5.48. The van der Waals surface area contributed by atoms with Crippen molar-refractivity contribution >= 4 is 23.7 Å². The average molecular weight is 462 g/mol. The van der Waals surface area contributed by atoms with Gasteiger partial charge >= 0.3 is 5.97 Å². The Morgan fingerprint density at radius 3 is 2.76 bits per heavy atom. The first kappa shape index (κ1) is 24.4. The molecule has 0 spiro atoms. The largest absolute Gasteiger partial charge is 0.463 e. The number of unbranched alkanes of at least 4 members (excludes halogenated alkanes) is 5. The van der Waals surface area contributed by atoms with Crippen molar-refractivity contribution in [2.45, 2.75) is 84.5 Å². The lowest BCUT2D eigenvalue weighted by Gasteiger charge is -2.25. The molecule has 1 unspecified atom stereocenters. The van der Waals surface area contributed by atoms with Gasteiger partial charge in [0, 0.05) is 16.6 Å². The van der Waals surface area contributed by atoms with E-state index in [-0.39, 0.29) is 11.2 Å². The molecule has 2 heterocycles. The molecule has 2 aromatic rings. The van der Waals surface area contributed by atoms with E-state index in [1.165, 1.54) is 80.3 Å². The number of hydrogen-bond acceptors (Lipinski definition) is 3. The maximum atomic E-state index is 11.7. The molecule has 2 aliphatic carbocycles. The zero-order valence-electron chi connectivity index (χ0n) is 21.2. The van der Waals surface area contributed by atoms with E-state index in [1.54, 1.807) is 12.1 Å². The van der Waals surface area contributed by atoms with Crippen molar-refractivity contribution < 1.29 is 13.9 Å². The summed E-state index contributed by atoms with van der Waals surface area (Å²) < 4.78 is 10.4. The van der Waals surface area contributed by atoms with Crippen LogP contribution in [-0.4, -0.2) is 18.1 Å². The minimum atomic E-state index is -0.458. The van der Waals surface area contributed by atoms with E-state index in [0.717, 1.165) is 12.0 Å². The molecule has 4 rings (SSSR count). The lowest BCUT2D eigenvalue weighted by molar-refractivity contribution is 0.0564. The van der Waals surface area contributed by atoms with Gasteiger partial charge in [-0.25, -0.2) is 4.79 Å². The predicted molar refractivity (Wildman–Crippen MR) is 139 cm³/mol. The van der Waals surface area contributed by atoms with E-state index in [4.69, 9.17) is 9.15 Å². The normalized spacial score (nSPS) is 18.6. The fourth-order valence-corrected chi connectivity index (χ4v) is 5.26. The van der Waals surface area contributed by atoms with Gasteiger partial charge in [-0.3, -0.25) is 0 Å². The van der Waals surface area contributed by atoms with Gasteiger partial charge in [0.05, 0.1) is 7.11 Å². The van der Waals surface area contributed by atoms with Crippen LogP contribution in [0.5, 0.6) is 0 Å². The fraction of sp³-hybridized carbons (Fsp3) is 0.500. The molecular weight excluding hydrogens is 422 g/mol. The topological polar surface area (TPSA) is 55.2 Å². The van der Waals surface area contributed by atoms with Crippen LogP contribution in [0.25, 0.3) is 17.7 Å². The molecule has 4 heteroatoms. The summed E-state index contributed by atoms with van der Waals surface area (Å²) in [5.74, 6) is 0.877. The first-order valence-corrected chi connectivity index (χ1v) is 12.9. The number of nitrogens with one attached hydrogen (secondary N) is 1. The van der Waals surface area contributed by atoms with E-state index in [9.17, 15) is 4.79 Å². The number of aromatic nitrogens is 1. The van der Waals surface area contributed by atoms with E-state index in [2.05, 4.69) is 50.1 Å². The van der Waals surface area contributed by atoms with Gasteiger partial charge in [-0.2, -0.15) is 0 Å². The number of H-pyrrole nitrogens is 1. The molecule has 2 aliphatic rings. The third-order valence-corrected chi connectivity index (χ3v) is 7.21. The second-order valence-electron chi connectivity index (χ2n) is 10.4. The van der Waals surface area contributed by atoms with E-state index >= 15 is 0 Å². The molecule has 4 nitrogen and oxygen atoms in total. The number of aromatic amines is 1.